The molecule has 1 fully saturated rings. The zero-order valence-electron chi connectivity index (χ0n) is 13.0. The predicted molar refractivity (Wildman–Crippen MR) is 96.5 cm³/mol. The third-order valence-corrected chi connectivity index (χ3v) is 6.05. The number of carbonyl (C=O) groups is 1. The molecule has 25 heavy (non-hydrogen) atoms. The first-order chi connectivity index (χ1) is 11.9. The fraction of sp³-hybridized carbons (Fsp3) is 0.294. The molecule has 0 radical (unpaired) electrons. The molecule has 2 N–H and O–H groups in total. The second-order valence-electron chi connectivity index (χ2n) is 6.31. The molecule has 2 aliphatic rings. The van der Waals surface area contributed by atoms with Crippen LogP contribution in [-0.4, -0.2) is 22.0 Å². The number of carbonyl (C=O) groups excluding carboxylic acids is 1. The summed E-state index contributed by atoms with van der Waals surface area (Å²) in [5, 5.41) is 2.88. The molecule has 0 unspecified atom stereocenters. The summed E-state index contributed by atoms with van der Waals surface area (Å²) in [6.07, 6.45) is 4.00. The van der Waals surface area contributed by atoms with E-state index < -0.39 is 5.82 Å². The maximum atomic E-state index is 14.1. The molecule has 2 atom stereocenters. The van der Waals surface area contributed by atoms with Crippen molar-refractivity contribution in [2.45, 2.75) is 31.3 Å². The van der Waals surface area contributed by atoms with Gasteiger partial charge in [-0.3, -0.25) is 4.79 Å². The van der Waals surface area contributed by atoms with Crippen molar-refractivity contribution in [2.75, 3.05) is 5.32 Å². The van der Waals surface area contributed by atoms with Gasteiger partial charge in [-0.1, -0.05) is 11.6 Å². The van der Waals surface area contributed by atoms with E-state index in [4.69, 9.17) is 11.6 Å². The molecule has 5 nitrogen and oxygen atoms in total. The average molecular weight is 427 g/mol. The number of aromatic amines is 1. The smallest absolute Gasteiger partial charge is 0.322 e. The molecule has 0 saturated carbocycles. The number of aromatic nitrogens is 1. The van der Waals surface area contributed by atoms with Gasteiger partial charge in [-0.25, -0.2) is 9.18 Å². The van der Waals surface area contributed by atoms with Crippen molar-refractivity contribution in [3.8, 4) is 0 Å². The number of halogens is 3. The Morgan fingerprint density at radius 1 is 1.36 bits per heavy atom. The second-order valence-corrected chi connectivity index (χ2v) is 7.57. The van der Waals surface area contributed by atoms with Gasteiger partial charge in [0, 0.05) is 22.8 Å². The number of benzene rings is 1. The van der Waals surface area contributed by atoms with Crippen LogP contribution in [0.5, 0.6) is 0 Å². The van der Waals surface area contributed by atoms with Gasteiger partial charge in [0.15, 0.2) is 0 Å². The van der Waals surface area contributed by atoms with Crippen LogP contribution < -0.4 is 10.9 Å². The zero-order chi connectivity index (χ0) is 17.7. The fourth-order valence-corrected chi connectivity index (χ4v) is 4.25. The number of hydrogen-bond acceptors (Lipinski definition) is 2. The lowest BCUT2D eigenvalue weighted by Crippen LogP contribution is -2.44. The molecular formula is C17H14BrClFN3O2. The number of pyridine rings is 1. The summed E-state index contributed by atoms with van der Waals surface area (Å²) in [6, 6.07) is 3.77. The quantitative estimate of drug-likeness (QED) is 0.671. The summed E-state index contributed by atoms with van der Waals surface area (Å²) in [6.45, 7) is 0. The first-order valence-corrected chi connectivity index (χ1v) is 9.06. The van der Waals surface area contributed by atoms with E-state index in [1.54, 1.807) is 17.2 Å². The summed E-state index contributed by atoms with van der Waals surface area (Å²) in [5.41, 5.74) is 1.89. The van der Waals surface area contributed by atoms with Gasteiger partial charge in [0.1, 0.15) is 5.82 Å². The number of amides is 2. The summed E-state index contributed by atoms with van der Waals surface area (Å²) in [5.74, 6) is -0.587. The molecule has 0 spiro atoms. The Hall–Kier alpha value is -1.86. The van der Waals surface area contributed by atoms with Crippen LogP contribution in [0.25, 0.3) is 0 Å². The van der Waals surface area contributed by atoms with Crippen molar-refractivity contribution >= 4 is 39.2 Å². The van der Waals surface area contributed by atoms with Crippen molar-refractivity contribution in [3.05, 3.63) is 61.2 Å². The van der Waals surface area contributed by atoms with E-state index in [2.05, 4.69) is 26.2 Å². The Bertz CT molecular complexity index is 933. The Balaban J connectivity index is 1.63. The van der Waals surface area contributed by atoms with Crippen molar-refractivity contribution in [1.29, 1.82) is 0 Å². The number of urea groups is 1. The fourth-order valence-electron chi connectivity index (χ4n) is 3.76. The standard InChI is InChI=1S/C17H14BrClFN3O2/c18-11-5-14(13(20)6-12(11)19)22-17(25)23-9-1-2-15(23)10-7-21-16(24)4-8(10)3-9/h4-7,9,15H,1-3H2,(H,21,24)(H,22,25)/t9-,15+/m0/s1. The number of fused-ring (bicyclic) bond motifs is 4. The molecule has 1 saturated heterocycles. The summed E-state index contributed by atoms with van der Waals surface area (Å²) >= 11 is 9.09. The Morgan fingerprint density at radius 2 is 2.16 bits per heavy atom. The van der Waals surface area contributed by atoms with E-state index in [0.29, 0.717) is 10.9 Å². The third-order valence-electron chi connectivity index (χ3n) is 4.85. The maximum absolute atomic E-state index is 14.1. The number of anilines is 1. The van der Waals surface area contributed by atoms with Crippen LogP contribution >= 0.6 is 27.5 Å². The SMILES string of the molecule is O=C(Nc1cc(Br)c(Cl)cc1F)N1[C@H]2CC[C@@H]1c1c[nH]c(=O)cc1C2. The van der Waals surface area contributed by atoms with Crippen molar-refractivity contribution < 1.29 is 9.18 Å². The lowest BCUT2D eigenvalue weighted by molar-refractivity contribution is 0.179. The van der Waals surface area contributed by atoms with Gasteiger partial charge >= 0.3 is 6.03 Å². The van der Waals surface area contributed by atoms with Crippen LogP contribution in [0.2, 0.25) is 5.02 Å². The van der Waals surface area contributed by atoms with E-state index >= 15 is 0 Å². The van der Waals surface area contributed by atoms with E-state index in [1.165, 1.54) is 6.07 Å². The monoisotopic (exact) mass is 425 g/mol. The van der Waals surface area contributed by atoms with Crippen LogP contribution in [0.4, 0.5) is 14.9 Å². The highest BCUT2D eigenvalue weighted by atomic mass is 79.9. The normalized spacial score (nSPS) is 21.2. The number of nitrogens with one attached hydrogen (secondary N) is 2. The summed E-state index contributed by atoms with van der Waals surface area (Å²) in [7, 11) is 0. The zero-order valence-corrected chi connectivity index (χ0v) is 15.3. The second kappa shape index (κ2) is 6.14. The molecule has 1 aromatic carbocycles. The number of rotatable bonds is 1. The highest BCUT2D eigenvalue weighted by molar-refractivity contribution is 9.10. The van der Waals surface area contributed by atoms with E-state index in [0.717, 1.165) is 30.0 Å². The Kier molecular flexibility index (Phi) is 4.08. The van der Waals surface area contributed by atoms with Crippen molar-refractivity contribution in [1.82, 2.24) is 9.88 Å². The third kappa shape index (κ3) is 2.85. The predicted octanol–water partition coefficient (Wildman–Crippen LogP) is 4.22. The molecule has 130 valence electrons. The maximum Gasteiger partial charge on any atom is 0.322 e. The van der Waals surface area contributed by atoms with Gasteiger partial charge in [0.05, 0.1) is 16.8 Å². The minimum atomic E-state index is -0.587. The molecule has 8 heteroatoms. The number of nitrogens with zero attached hydrogens (tertiary/aromatic N) is 1. The first kappa shape index (κ1) is 16.6. The van der Waals surface area contributed by atoms with Crippen LogP contribution in [0.1, 0.15) is 30.0 Å². The number of hydrogen-bond donors (Lipinski definition) is 2. The Labute approximate surface area is 156 Å². The van der Waals surface area contributed by atoms with Crippen LogP contribution in [0.15, 0.2) is 33.7 Å². The van der Waals surface area contributed by atoms with Gasteiger partial charge < -0.3 is 15.2 Å². The molecule has 2 bridgehead atoms. The molecule has 1 aromatic heterocycles. The molecule has 3 heterocycles. The Morgan fingerprint density at radius 3 is 2.96 bits per heavy atom. The average Bonchev–Trinajstić information content (AvgIpc) is 2.88. The van der Waals surface area contributed by atoms with Gasteiger partial charge in [-0.15, -0.1) is 0 Å². The van der Waals surface area contributed by atoms with Crippen LogP contribution in [0.3, 0.4) is 0 Å². The van der Waals surface area contributed by atoms with Crippen molar-refractivity contribution in [3.63, 3.8) is 0 Å². The largest absolute Gasteiger partial charge is 0.329 e. The van der Waals surface area contributed by atoms with Crippen molar-refractivity contribution in [2.24, 2.45) is 0 Å². The summed E-state index contributed by atoms with van der Waals surface area (Å²) in [4.78, 5) is 28.7. The lowest BCUT2D eigenvalue weighted by atomic mass is 9.95. The minimum Gasteiger partial charge on any atom is -0.329 e. The van der Waals surface area contributed by atoms with Crippen LogP contribution in [-0.2, 0) is 6.42 Å². The summed E-state index contributed by atoms with van der Waals surface area (Å²) < 4.78 is 14.6. The van der Waals surface area contributed by atoms with Gasteiger partial charge in [-0.05, 0) is 58.5 Å². The molecular weight excluding hydrogens is 413 g/mol. The van der Waals surface area contributed by atoms with Crippen LogP contribution in [0, 0.1) is 5.82 Å². The topological polar surface area (TPSA) is 65.2 Å². The highest BCUT2D eigenvalue weighted by Gasteiger charge is 2.42. The number of H-pyrrole nitrogens is 1. The first-order valence-electron chi connectivity index (χ1n) is 7.89. The van der Waals surface area contributed by atoms with E-state index in [1.807, 2.05) is 0 Å². The molecule has 4 rings (SSSR count). The van der Waals surface area contributed by atoms with Gasteiger partial charge in [-0.2, -0.15) is 0 Å². The minimum absolute atomic E-state index is 0.0121. The van der Waals surface area contributed by atoms with Gasteiger partial charge in [0.2, 0.25) is 5.56 Å². The van der Waals surface area contributed by atoms with E-state index in [-0.39, 0.29) is 34.4 Å². The lowest BCUT2D eigenvalue weighted by Gasteiger charge is -2.36. The molecule has 2 amide bonds. The van der Waals surface area contributed by atoms with E-state index in [9.17, 15) is 14.0 Å². The van der Waals surface area contributed by atoms with Gasteiger partial charge in [0.25, 0.3) is 0 Å². The highest BCUT2D eigenvalue weighted by Crippen LogP contribution is 2.43. The molecule has 2 aromatic rings. The molecule has 2 aliphatic heterocycles. The molecule has 0 aliphatic carbocycles.